The first-order valence-corrected chi connectivity index (χ1v) is 10.1. The third kappa shape index (κ3) is 3.56. The number of nitrogens with zero attached hydrogens (tertiary/aromatic N) is 1. The third-order valence-corrected chi connectivity index (χ3v) is 6.77. The minimum atomic E-state index is -3.89. The molecule has 29 heavy (non-hydrogen) atoms. The van der Waals surface area contributed by atoms with Crippen molar-refractivity contribution in [2.45, 2.75) is 10.9 Å². The lowest BCUT2D eigenvalue weighted by molar-refractivity contribution is 0.0378. The Bertz CT molecular complexity index is 1070. The van der Waals surface area contributed by atoms with Crippen molar-refractivity contribution in [1.29, 1.82) is 0 Å². The van der Waals surface area contributed by atoms with E-state index in [0.29, 0.717) is 24.4 Å². The van der Waals surface area contributed by atoms with Gasteiger partial charge in [0.05, 0.1) is 24.9 Å². The van der Waals surface area contributed by atoms with Crippen molar-refractivity contribution in [3.63, 3.8) is 0 Å². The monoisotopic (exact) mass is 427 g/mol. The molecule has 1 saturated heterocycles. The lowest BCUT2D eigenvalue weighted by atomic mass is 10.1. The van der Waals surface area contributed by atoms with Crippen LogP contribution in [0.15, 0.2) is 35.2 Å². The summed E-state index contributed by atoms with van der Waals surface area (Å²) in [4.78, 5) is 12.4. The van der Waals surface area contributed by atoms with Gasteiger partial charge in [0.1, 0.15) is 4.90 Å². The SMILES string of the molecule is O=C(Nc1cc(F)c(F)c(F)c1)c1ccc2c(c1)S(=O)(=O)N1CCOCC1CN2. The number of nitrogens with one attached hydrogen (secondary N) is 2. The quantitative estimate of drug-likeness (QED) is 0.718. The Labute approximate surface area is 164 Å². The van der Waals surface area contributed by atoms with Crippen molar-refractivity contribution in [3.8, 4) is 0 Å². The van der Waals surface area contributed by atoms with Crippen LogP contribution in [0, 0.1) is 17.5 Å². The maximum absolute atomic E-state index is 13.4. The Morgan fingerprint density at radius 3 is 2.62 bits per heavy atom. The molecular weight excluding hydrogens is 411 g/mol. The Hall–Kier alpha value is -2.63. The summed E-state index contributed by atoms with van der Waals surface area (Å²) in [6, 6.07) is 4.93. The predicted octanol–water partition coefficient (Wildman–Crippen LogP) is 2.17. The molecule has 2 aliphatic rings. The molecule has 0 spiro atoms. The van der Waals surface area contributed by atoms with Crippen LogP contribution < -0.4 is 10.6 Å². The molecule has 0 bridgehead atoms. The summed E-state index contributed by atoms with van der Waals surface area (Å²) in [6.45, 7) is 1.08. The molecule has 2 heterocycles. The molecule has 0 aromatic heterocycles. The van der Waals surface area contributed by atoms with Crippen molar-refractivity contribution in [1.82, 2.24) is 4.31 Å². The van der Waals surface area contributed by atoms with E-state index in [-0.39, 0.29) is 41.9 Å². The number of benzene rings is 2. The lowest BCUT2D eigenvalue weighted by Gasteiger charge is -2.32. The Balaban J connectivity index is 1.66. The number of ether oxygens (including phenoxy) is 1. The van der Waals surface area contributed by atoms with Crippen molar-refractivity contribution < 1.29 is 31.1 Å². The van der Waals surface area contributed by atoms with E-state index < -0.39 is 33.4 Å². The van der Waals surface area contributed by atoms with Crippen molar-refractivity contribution in [2.24, 2.45) is 0 Å². The molecule has 1 atom stereocenters. The van der Waals surface area contributed by atoms with Crippen molar-refractivity contribution >= 4 is 27.3 Å². The number of anilines is 2. The fraction of sp³-hybridized carbons (Fsp3) is 0.278. The first kappa shape index (κ1) is 19.7. The van der Waals surface area contributed by atoms with E-state index in [0.717, 1.165) is 0 Å². The van der Waals surface area contributed by atoms with Crippen LogP contribution in [-0.4, -0.2) is 51.0 Å². The fourth-order valence-electron chi connectivity index (χ4n) is 3.32. The summed E-state index contributed by atoms with van der Waals surface area (Å²) in [6.07, 6.45) is 0. The van der Waals surface area contributed by atoms with E-state index in [1.165, 1.54) is 22.5 Å². The van der Waals surface area contributed by atoms with Gasteiger partial charge in [0.2, 0.25) is 10.0 Å². The van der Waals surface area contributed by atoms with Gasteiger partial charge in [0, 0.05) is 36.5 Å². The average molecular weight is 427 g/mol. The fourth-order valence-corrected chi connectivity index (χ4v) is 5.11. The van der Waals surface area contributed by atoms with Gasteiger partial charge in [-0.3, -0.25) is 4.79 Å². The van der Waals surface area contributed by atoms with Gasteiger partial charge < -0.3 is 15.4 Å². The summed E-state index contributed by atoms with van der Waals surface area (Å²) in [5.74, 6) is -5.35. The van der Waals surface area contributed by atoms with Crippen molar-refractivity contribution in [3.05, 3.63) is 53.3 Å². The van der Waals surface area contributed by atoms with Gasteiger partial charge in [-0.25, -0.2) is 21.6 Å². The first-order chi connectivity index (χ1) is 13.8. The molecule has 0 aliphatic carbocycles. The van der Waals surface area contributed by atoms with E-state index in [9.17, 15) is 26.4 Å². The number of fused-ring (bicyclic) bond motifs is 2. The third-order valence-electron chi connectivity index (χ3n) is 4.77. The summed E-state index contributed by atoms with van der Waals surface area (Å²) in [5, 5.41) is 5.28. The van der Waals surface area contributed by atoms with E-state index in [1.807, 2.05) is 0 Å². The molecule has 2 aromatic rings. The lowest BCUT2D eigenvalue weighted by Crippen LogP contribution is -2.50. The highest BCUT2D eigenvalue weighted by Gasteiger charge is 2.38. The summed E-state index contributed by atoms with van der Waals surface area (Å²) in [7, 11) is -3.89. The number of amides is 1. The summed E-state index contributed by atoms with van der Waals surface area (Å²) >= 11 is 0. The normalized spacial score (nSPS) is 20.7. The van der Waals surface area contributed by atoms with E-state index in [4.69, 9.17) is 4.74 Å². The molecule has 154 valence electrons. The smallest absolute Gasteiger partial charge is 0.255 e. The summed E-state index contributed by atoms with van der Waals surface area (Å²) in [5.41, 5.74) is 0.0105. The highest BCUT2D eigenvalue weighted by atomic mass is 32.2. The number of morpholine rings is 1. The molecule has 2 aromatic carbocycles. The number of sulfonamides is 1. The first-order valence-electron chi connectivity index (χ1n) is 8.71. The second-order valence-electron chi connectivity index (χ2n) is 6.64. The van der Waals surface area contributed by atoms with E-state index in [1.54, 1.807) is 0 Å². The molecule has 4 rings (SSSR count). The van der Waals surface area contributed by atoms with Gasteiger partial charge in [-0.05, 0) is 18.2 Å². The molecule has 1 amide bonds. The molecule has 2 N–H and O–H groups in total. The number of carbonyl (C=O) groups is 1. The largest absolute Gasteiger partial charge is 0.382 e. The molecule has 11 heteroatoms. The van der Waals surface area contributed by atoms with Crippen LogP contribution in [0.2, 0.25) is 0 Å². The van der Waals surface area contributed by atoms with Crippen LogP contribution >= 0.6 is 0 Å². The highest BCUT2D eigenvalue weighted by molar-refractivity contribution is 7.89. The Morgan fingerprint density at radius 1 is 1.17 bits per heavy atom. The van der Waals surface area contributed by atoms with Gasteiger partial charge in [-0.15, -0.1) is 0 Å². The Kier molecular flexibility index (Phi) is 4.97. The van der Waals surface area contributed by atoms with Gasteiger partial charge in [-0.2, -0.15) is 4.31 Å². The molecule has 1 unspecified atom stereocenters. The molecule has 0 saturated carbocycles. The zero-order valence-electron chi connectivity index (χ0n) is 14.9. The van der Waals surface area contributed by atoms with Crippen LogP contribution in [0.25, 0.3) is 0 Å². The average Bonchev–Trinajstić information content (AvgIpc) is 2.80. The Morgan fingerprint density at radius 2 is 1.90 bits per heavy atom. The molecule has 2 aliphatic heterocycles. The van der Waals surface area contributed by atoms with Crippen LogP contribution in [0.3, 0.4) is 0 Å². The van der Waals surface area contributed by atoms with Gasteiger partial charge in [0.15, 0.2) is 17.5 Å². The standard InChI is InChI=1S/C18H16F3N3O4S/c19-13-6-11(7-14(20)17(13)21)23-18(25)10-1-2-15-16(5-10)29(26,27)24-3-4-28-9-12(24)8-22-15/h1-2,5-7,12,22H,3-4,8-9H2,(H,23,25). The number of hydrogen-bond acceptors (Lipinski definition) is 5. The van der Waals surface area contributed by atoms with Crippen LogP contribution in [-0.2, 0) is 14.8 Å². The van der Waals surface area contributed by atoms with Crippen LogP contribution in [0.5, 0.6) is 0 Å². The van der Waals surface area contributed by atoms with Gasteiger partial charge >= 0.3 is 0 Å². The summed E-state index contributed by atoms with van der Waals surface area (Å²) < 4.78 is 72.6. The van der Waals surface area contributed by atoms with Crippen LogP contribution in [0.1, 0.15) is 10.4 Å². The molecule has 1 fully saturated rings. The maximum atomic E-state index is 13.4. The second kappa shape index (κ2) is 7.32. The van der Waals surface area contributed by atoms with Crippen molar-refractivity contribution in [2.75, 3.05) is 36.9 Å². The highest BCUT2D eigenvalue weighted by Crippen LogP contribution is 2.31. The zero-order chi connectivity index (χ0) is 20.8. The molecule has 0 radical (unpaired) electrons. The number of hydrogen-bond donors (Lipinski definition) is 2. The predicted molar refractivity (Wildman–Crippen MR) is 97.7 cm³/mol. The number of carbonyl (C=O) groups excluding carboxylic acids is 1. The maximum Gasteiger partial charge on any atom is 0.255 e. The number of halogens is 3. The minimum absolute atomic E-state index is 0.0361. The van der Waals surface area contributed by atoms with Gasteiger partial charge in [-0.1, -0.05) is 0 Å². The molecular formula is C18H16F3N3O4S. The van der Waals surface area contributed by atoms with Gasteiger partial charge in [0.25, 0.3) is 5.91 Å². The van der Waals surface area contributed by atoms with E-state index in [2.05, 4.69) is 10.6 Å². The zero-order valence-corrected chi connectivity index (χ0v) is 15.7. The number of rotatable bonds is 2. The molecule has 7 nitrogen and oxygen atoms in total. The second-order valence-corrected chi connectivity index (χ2v) is 8.50. The minimum Gasteiger partial charge on any atom is -0.382 e. The van der Waals surface area contributed by atoms with E-state index >= 15 is 0 Å². The topological polar surface area (TPSA) is 87.7 Å². The van der Waals surface area contributed by atoms with Crippen LogP contribution in [0.4, 0.5) is 24.5 Å².